The third-order valence-corrected chi connectivity index (χ3v) is 7.36. The van der Waals surface area contributed by atoms with E-state index in [9.17, 15) is 9.18 Å². The summed E-state index contributed by atoms with van der Waals surface area (Å²) in [6, 6.07) is 8.80. The summed E-state index contributed by atoms with van der Waals surface area (Å²) in [6.07, 6.45) is 5.16. The smallest absolute Gasteiger partial charge is 0.236 e. The molecule has 190 valence electrons. The Balaban J connectivity index is 1.33. The van der Waals surface area contributed by atoms with Crippen LogP contribution in [0.15, 0.2) is 36.7 Å². The number of ether oxygens (including phenoxy) is 2. The second kappa shape index (κ2) is 10.4. The van der Waals surface area contributed by atoms with Gasteiger partial charge in [-0.3, -0.25) is 9.69 Å². The molecule has 1 N–H and O–H groups in total. The Morgan fingerprint density at radius 1 is 1.11 bits per heavy atom. The van der Waals surface area contributed by atoms with Crippen molar-refractivity contribution in [2.45, 2.75) is 37.8 Å². The first-order valence-corrected chi connectivity index (χ1v) is 12.5. The third-order valence-electron chi connectivity index (χ3n) is 7.07. The Kier molecular flexibility index (Phi) is 7.11. The van der Waals surface area contributed by atoms with Crippen LogP contribution in [-0.4, -0.2) is 71.6 Å². The van der Waals surface area contributed by atoms with E-state index in [2.05, 4.69) is 20.2 Å². The summed E-state index contributed by atoms with van der Waals surface area (Å²) in [6.45, 7) is 2.19. The van der Waals surface area contributed by atoms with Gasteiger partial charge in [0.25, 0.3) is 0 Å². The van der Waals surface area contributed by atoms with Crippen molar-refractivity contribution in [3.05, 3.63) is 47.5 Å². The fraction of sp³-hybridized carbons (Fsp3) is 0.423. The van der Waals surface area contributed by atoms with E-state index >= 15 is 0 Å². The van der Waals surface area contributed by atoms with Gasteiger partial charge in [-0.1, -0.05) is 17.7 Å². The Bertz CT molecular complexity index is 1270. The number of carbonyl (C=O) groups excluding carboxylic acids is 1. The Hall–Kier alpha value is -3.17. The van der Waals surface area contributed by atoms with Gasteiger partial charge in [0.2, 0.25) is 5.91 Å². The molecule has 10 heteroatoms. The van der Waals surface area contributed by atoms with Crippen LogP contribution in [0.1, 0.15) is 25.7 Å². The van der Waals surface area contributed by atoms with Crippen LogP contribution in [0.5, 0.6) is 11.5 Å². The molecule has 0 unspecified atom stereocenters. The molecule has 0 spiro atoms. The predicted octanol–water partition coefficient (Wildman–Crippen LogP) is 4.64. The number of piperazine rings is 1. The zero-order valence-electron chi connectivity index (χ0n) is 20.3. The number of halogens is 2. The van der Waals surface area contributed by atoms with E-state index in [0.717, 1.165) is 38.8 Å². The number of benzene rings is 2. The van der Waals surface area contributed by atoms with Gasteiger partial charge in [-0.25, -0.2) is 14.4 Å². The fourth-order valence-electron chi connectivity index (χ4n) is 4.94. The molecular formula is C26H29ClFN5O3. The second-order valence-corrected chi connectivity index (χ2v) is 9.71. The van der Waals surface area contributed by atoms with Crippen molar-refractivity contribution in [3.63, 3.8) is 0 Å². The summed E-state index contributed by atoms with van der Waals surface area (Å²) in [5, 5.41) is 3.74. The molecule has 3 aromatic rings. The van der Waals surface area contributed by atoms with Gasteiger partial charge in [0.1, 0.15) is 12.1 Å². The summed E-state index contributed by atoms with van der Waals surface area (Å²) in [7, 11) is 3.45. The van der Waals surface area contributed by atoms with Crippen LogP contribution in [-0.2, 0) is 4.79 Å². The number of hydrogen-bond donors (Lipinski definition) is 1. The summed E-state index contributed by atoms with van der Waals surface area (Å²) in [5.41, 5.74) is 0.865. The van der Waals surface area contributed by atoms with E-state index in [4.69, 9.17) is 21.1 Å². The first kappa shape index (κ1) is 24.5. The van der Waals surface area contributed by atoms with Crippen molar-refractivity contribution >= 4 is 39.9 Å². The largest absolute Gasteiger partial charge is 0.493 e. The van der Waals surface area contributed by atoms with Crippen molar-refractivity contribution in [3.8, 4) is 11.5 Å². The number of aromatic nitrogens is 2. The summed E-state index contributed by atoms with van der Waals surface area (Å²) in [5.74, 6) is 1.25. The van der Waals surface area contributed by atoms with E-state index in [-0.39, 0.29) is 22.7 Å². The number of anilines is 2. The van der Waals surface area contributed by atoms with Crippen LogP contribution in [0.3, 0.4) is 0 Å². The van der Waals surface area contributed by atoms with E-state index in [0.29, 0.717) is 40.8 Å². The van der Waals surface area contributed by atoms with E-state index in [1.807, 2.05) is 13.1 Å². The number of amides is 1. The standard InChI is InChI=1S/C26H29ClFN5O3/c1-32-10-11-33(14-24(32)34)16-6-8-17(9-7-16)36-23-12-18-21(13-22(23)35-2)29-15-30-26(18)31-20-5-3-4-19(27)25(20)28/h3-5,12-13,15-17H,6-11,14H2,1-2H3,(H,29,30,31). The Morgan fingerprint density at radius 2 is 1.92 bits per heavy atom. The van der Waals surface area contributed by atoms with Crippen molar-refractivity contribution in [2.75, 3.05) is 39.1 Å². The monoisotopic (exact) mass is 513 g/mol. The molecule has 2 heterocycles. The number of rotatable bonds is 6. The molecular weight excluding hydrogens is 485 g/mol. The number of nitrogens with zero attached hydrogens (tertiary/aromatic N) is 4. The minimum absolute atomic E-state index is 0.0283. The van der Waals surface area contributed by atoms with Crippen LogP contribution < -0.4 is 14.8 Å². The van der Waals surface area contributed by atoms with E-state index < -0.39 is 5.82 Å². The van der Waals surface area contributed by atoms with Gasteiger partial charge < -0.3 is 19.7 Å². The average molecular weight is 514 g/mol. The average Bonchev–Trinajstić information content (AvgIpc) is 2.89. The molecule has 1 aliphatic carbocycles. The van der Waals surface area contributed by atoms with Crippen LogP contribution in [0.4, 0.5) is 15.9 Å². The molecule has 0 atom stereocenters. The molecule has 1 amide bonds. The number of likely N-dealkylation sites (N-methyl/N-ethyl adjacent to an activating group) is 1. The maximum absolute atomic E-state index is 14.5. The second-order valence-electron chi connectivity index (χ2n) is 9.30. The highest BCUT2D eigenvalue weighted by atomic mass is 35.5. The number of carbonyl (C=O) groups is 1. The number of nitrogens with one attached hydrogen (secondary N) is 1. The quantitative estimate of drug-likeness (QED) is 0.514. The molecule has 36 heavy (non-hydrogen) atoms. The molecule has 1 aliphatic heterocycles. The SMILES string of the molecule is COc1cc2ncnc(Nc3cccc(Cl)c3F)c2cc1OC1CCC(N2CCN(C)C(=O)C2)CC1. The maximum atomic E-state index is 14.5. The van der Waals surface area contributed by atoms with Crippen LogP contribution in [0, 0.1) is 5.82 Å². The van der Waals surface area contributed by atoms with Crippen LogP contribution in [0.25, 0.3) is 10.9 Å². The van der Waals surface area contributed by atoms with Gasteiger partial charge in [-0.15, -0.1) is 0 Å². The van der Waals surface area contributed by atoms with Crippen molar-refractivity contribution in [1.82, 2.24) is 19.8 Å². The Morgan fingerprint density at radius 3 is 2.67 bits per heavy atom. The number of methoxy groups -OCH3 is 1. The molecule has 5 rings (SSSR count). The molecule has 2 fully saturated rings. The van der Waals surface area contributed by atoms with Gasteiger partial charge in [-0.2, -0.15) is 0 Å². The van der Waals surface area contributed by atoms with Crippen molar-refractivity contribution in [2.24, 2.45) is 0 Å². The molecule has 0 radical (unpaired) electrons. The van der Waals surface area contributed by atoms with Gasteiger partial charge in [-0.05, 0) is 43.9 Å². The minimum atomic E-state index is -0.547. The van der Waals surface area contributed by atoms with Crippen molar-refractivity contribution in [1.29, 1.82) is 0 Å². The number of fused-ring (bicyclic) bond motifs is 1. The van der Waals surface area contributed by atoms with Gasteiger partial charge >= 0.3 is 0 Å². The first-order valence-electron chi connectivity index (χ1n) is 12.1. The Labute approximate surface area is 214 Å². The van der Waals surface area contributed by atoms with Gasteiger partial charge in [0, 0.05) is 37.6 Å². The van der Waals surface area contributed by atoms with Crippen LogP contribution >= 0.6 is 11.6 Å². The normalized spacial score (nSPS) is 21.0. The van der Waals surface area contributed by atoms with Crippen LogP contribution in [0.2, 0.25) is 5.02 Å². The molecule has 1 saturated heterocycles. The zero-order valence-corrected chi connectivity index (χ0v) is 21.1. The summed E-state index contributed by atoms with van der Waals surface area (Å²) in [4.78, 5) is 24.9. The molecule has 8 nitrogen and oxygen atoms in total. The highest BCUT2D eigenvalue weighted by Crippen LogP contribution is 2.37. The fourth-order valence-corrected chi connectivity index (χ4v) is 5.11. The molecule has 2 aliphatic rings. The topological polar surface area (TPSA) is 79.8 Å². The highest BCUT2D eigenvalue weighted by molar-refractivity contribution is 6.31. The van der Waals surface area contributed by atoms with E-state index in [1.165, 1.54) is 12.4 Å². The molecule has 0 bridgehead atoms. The van der Waals surface area contributed by atoms with Gasteiger partial charge in [0.05, 0.1) is 36.0 Å². The maximum Gasteiger partial charge on any atom is 0.236 e. The summed E-state index contributed by atoms with van der Waals surface area (Å²) < 4.78 is 26.5. The molecule has 2 aromatic carbocycles. The lowest BCUT2D eigenvalue weighted by molar-refractivity contribution is -0.135. The van der Waals surface area contributed by atoms with Crippen molar-refractivity contribution < 1.29 is 18.7 Å². The lowest BCUT2D eigenvalue weighted by atomic mass is 9.91. The lowest BCUT2D eigenvalue weighted by Crippen LogP contribution is -2.53. The predicted molar refractivity (Wildman–Crippen MR) is 137 cm³/mol. The van der Waals surface area contributed by atoms with Gasteiger partial charge in [0.15, 0.2) is 17.3 Å². The molecule has 1 aromatic heterocycles. The minimum Gasteiger partial charge on any atom is -0.493 e. The zero-order chi connectivity index (χ0) is 25.2. The highest BCUT2D eigenvalue weighted by Gasteiger charge is 2.31. The third kappa shape index (κ3) is 5.03. The number of hydrogen-bond acceptors (Lipinski definition) is 7. The van der Waals surface area contributed by atoms with E-state index in [1.54, 1.807) is 30.2 Å². The summed E-state index contributed by atoms with van der Waals surface area (Å²) >= 11 is 5.94. The first-order chi connectivity index (χ1) is 17.4. The lowest BCUT2D eigenvalue weighted by Gasteiger charge is -2.40. The molecule has 1 saturated carbocycles.